The highest BCUT2D eigenvalue weighted by atomic mass is 79.9. The molecule has 0 unspecified atom stereocenters. The van der Waals surface area contributed by atoms with Crippen molar-refractivity contribution in [3.8, 4) is 6.07 Å². The number of allylic oxidation sites excluding steroid dienone is 1. The molecule has 8 heteroatoms. The van der Waals surface area contributed by atoms with Crippen molar-refractivity contribution in [3.63, 3.8) is 0 Å². The summed E-state index contributed by atoms with van der Waals surface area (Å²) in [7, 11) is 0. The van der Waals surface area contributed by atoms with E-state index in [1.165, 1.54) is 0 Å². The Morgan fingerprint density at radius 3 is 2.75 bits per heavy atom. The molecule has 1 heterocycles. The summed E-state index contributed by atoms with van der Waals surface area (Å²) in [6, 6.07) is 4.00. The van der Waals surface area contributed by atoms with Crippen molar-refractivity contribution in [2.45, 2.75) is 13.8 Å². The molecule has 0 saturated heterocycles. The van der Waals surface area contributed by atoms with Crippen LogP contribution in [0, 0.1) is 25.2 Å². The number of tetrazole rings is 1. The fourth-order valence-electron chi connectivity index (χ4n) is 1.62. The first-order chi connectivity index (χ1) is 9.54. The van der Waals surface area contributed by atoms with Crippen LogP contribution in [0.4, 0.5) is 5.69 Å². The standard InChI is InChI=1S/C12H10Br2N6/c1-6-3-9(11(14)7(2)10(6)13)16-5-8(4-15)12-17-19-20-18-12/h3,5,16H,1-2H3,(H,17,18,19,20). The number of nitriles is 1. The molecule has 0 fully saturated rings. The molecule has 0 radical (unpaired) electrons. The lowest BCUT2D eigenvalue weighted by molar-refractivity contribution is 0.881. The molecule has 0 aliphatic carbocycles. The molecule has 0 atom stereocenters. The minimum Gasteiger partial charge on any atom is -0.359 e. The predicted molar refractivity (Wildman–Crippen MR) is 82.7 cm³/mol. The van der Waals surface area contributed by atoms with Crippen molar-refractivity contribution in [2.24, 2.45) is 0 Å². The van der Waals surface area contributed by atoms with Crippen molar-refractivity contribution in [2.75, 3.05) is 5.32 Å². The van der Waals surface area contributed by atoms with Crippen molar-refractivity contribution >= 4 is 43.1 Å². The molecule has 1 aromatic heterocycles. The molecule has 2 rings (SSSR count). The van der Waals surface area contributed by atoms with Gasteiger partial charge in [0.15, 0.2) is 0 Å². The van der Waals surface area contributed by atoms with Gasteiger partial charge in [-0.1, -0.05) is 15.9 Å². The smallest absolute Gasteiger partial charge is 0.216 e. The Morgan fingerprint density at radius 1 is 1.40 bits per heavy atom. The van der Waals surface area contributed by atoms with E-state index in [1.54, 1.807) is 6.20 Å². The van der Waals surface area contributed by atoms with E-state index in [0.717, 1.165) is 25.8 Å². The number of nitrogens with one attached hydrogen (secondary N) is 2. The van der Waals surface area contributed by atoms with Crippen molar-refractivity contribution in [1.29, 1.82) is 5.26 Å². The van der Waals surface area contributed by atoms with E-state index in [4.69, 9.17) is 5.26 Å². The fraction of sp³-hybridized carbons (Fsp3) is 0.167. The van der Waals surface area contributed by atoms with Gasteiger partial charge in [0.05, 0.1) is 5.69 Å². The Balaban J connectivity index is 2.34. The first-order valence-electron chi connectivity index (χ1n) is 5.60. The maximum Gasteiger partial charge on any atom is 0.216 e. The molecule has 0 aliphatic rings. The number of aromatic amines is 1. The molecule has 2 aromatic rings. The van der Waals surface area contributed by atoms with Crippen LogP contribution in [-0.2, 0) is 0 Å². The normalized spacial score (nSPS) is 11.2. The Labute approximate surface area is 132 Å². The Hall–Kier alpha value is -1.72. The third-order valence-corrected chi connectivity index (χ3v) is 4.92. The second-order valence-corrected chi connectivity index (χ2v) is 5.63. The van der Waals surface area contributed by atoms with E-state index in [2.05, 4.69) is 57.8 Å². The summed E-state index contributed by atoms with van der Waals surface area (Å²) in [6.07, 6.45) is 1.55. The van der Waals surface area contributed by atoms with Gasteiger partial charge in [-0.05, 0) is 52.2 Å². The molecule has 2 N–H and O–H groups in total. The average molecular weight is 398 g/mol. The van der Waals surface area contributed by atoms with Crippen LogP contribution in [0.2, 0.25) is 0 Å². The SMILES string of the molecule is Cc1cc(NC=C(C#N)c2nn[nH]n2)c(Br)c(C)c1Br. The monoisotopic (exact) mass is 396 g/mol. The minimum absolute atomic E-state index is 0.252. The van der Waals surface area contributed by atoms with E-state index in [1.807, 2.05) is 26.0 Å². The second kappa shape index (κ2) is 6.15. The van der Waals surface area contributed by atoms with Crippen LogP contribution >= 0.6 is 31.9 Å². The summed E-state index contributed by atoms with van der Waals surface area (Å²) in [5.74, 6) is 0.252. The highest BCUT2D eigenvalue weighted by Gasteiger charge is 2.10. The number of aryl methyl sites for hydroxylation is 1. The summed E-state index contributed by atoms with van der Waals surface area (Å²) in [4.78, 5) is 0. The first-order valence-corrected chi connectivity index (χ1v) is 7.19. The number of benzene rings is 1. The van der Waals surface area contributed by atoms with E-state index >= 15 is 0 Å². The van der Waals surface area contributed by atoms with Crippen LogP contribution in [0.1, 0.15) is 17.0 Å². The van der Waals surface area contributed by atoms with Gasteiger partial charge in [-0.15, -0.1) is 10.2 Å². The predicted octanol–water partition coefficient (Wildman–Crippen LogP) is 3.32. The molecule has 6 nitrogen and oxygen atoms in total. The van der Waals surface area contributed by atoms with Crippen molar-refractivity contribution in [3.05, 3.63) is 38.2 Å². The van der Waals surface area contributed by atoms with Gasteiger partial charge in [-0.25, -0.2) is 0 Å². The van der Waals surface area contributed by atoms with Crippen LogP contribution in [0.5, 0.6) is 0 Å². The van der Waals surface area contributed by atoms with Crippen molar-refractivity contribution < 1.29 is 0 Å². The molecule has 102 valence electrons. The van der Waals surface area contributed by atoms with Crippen LogP contribution < -0.4 is 5.32 Å². The zero-order valence-corrected chi connectivity index (χ0v) is 13.9. The number of hydrogen-bond acceptors (Lipinski definition) is 5. The third kappa shape index (κ3) is 2.89. The topological polar surface area (TPSA) is 90.3 Å². The number of hydrogen-bond donors (Lipinski definition) is 2. The highest BCUT2D eigenvalue weighted by Crippen LogP contribution is 2.34. The zero-order chi connectivity index (χ0) is 14.7. The summed E-state index contributed by atoms with van der Waals surface area (Å²) in [6.45, 7) is 4.00. The number of rotatable bonds is 3. The fourth-order valence-corrected chi connectivity index (χ4v) is 2.62. The van der Waals surface area contributed by atoms with E-state index in [-0.39, 0.29) is 5.82 Å². The number of anilines is 1. The van der Waals surface area contributed by atoms with E-state index in [0.29, 0.717) is 5.57 Å². The highest BCUT2D eigenvalue weighted by molar-refractivity contribution is 9.11. The molecule has 1 aromatic carbocycles. The van der Waals surface area contributed by atoms with Gasteiger partial charge >= 0.3 is 0 Å². The number of halogens is 2. The molecular weight excluding hydrogens is 388 g/mol. The van der Waals surface area contributed by atoms with E-state index < -0.39 is 0 Å². The molecule has 20 heavy (non-hydrogen) atoms. The van der Waals surface area contributed by atoms with Crippen molar-refractivity contribution in [1.82, 2.24) is 20.6 Å². The molecule has 0 bridgehead atoms. The Bertz CT molecular complexity index is 700. The average Bonchev–Trinajstić information content (AvgIpc) is 2.96. The van der Waals surface area contributed by atoms with Gasteiger partial charge in [-0.3, -0.25) is 0 Å². The van der Waals surface area contributed by atoms with Crippen LogP contribution in [0.25, 0.3) is 5.57 Å². The van der Waals surface area contributed by atoms with E-state index in [9.17, 15) is 0 Å². The Kier molecular flexibility index (Phi) is 4.52. The largest absolute Gasteiger partial charge is 0.359 e. The lowest BCUT2D eigenvalue weighted by atomic mass is 10.1. The van der Waals surface area contributed by atoms with Crippen LogP contribution in [0.3, 0.4) is 0 Å². The maximum atomic E-state index is 9.10. The maximum absolute atomic E-state index is 9.10. The second-order valence-electron chi connectivity index (χ2n) is 4.04. The van der Waals surface area contributed by atoms with Gasteiger partial charge in [0.25, 0.3) is 0 Å². The van der Waals surface area contributed by atoms with Gasteiger partial charge in [0.1, 0.15) is 11.6 Å². The summed E-state index contributed by atoms with van der Waals surface area (Å²) < 4.78 is 1.98. The minimum atomic E-state index is 0.252. The summed E-state index contributed by atoms with van der Waals surface area (Å²) >= 11 is 7.06. The molecular formula is C12H10Br2N6. The Morgan fingerprint density at radius 2 is 2.15 bits per heavy atom. The zero-order valence-electron chi connectivity index (χ0n) is 10.7. The molecule has 0 saturated carbocycles. The lowest BCUT2D eigenvalue weighted by Gasteiger charge is -2.11. The summed E-state index contributed by atoms with van der Waals surface area (Å²) in [5.41, 5.74) is 3.34. The first kappa shape index (κ1) is 14.7. The number of aromatic nitrogens is 4. The molecule has 0 amide bonds. The van der Waals surface area contributed by atoms with Gasteiger partial charge in [0, 0.05) is 15.1 Å². The van der Waals surface area contributed by atoms with Gasteiger partial charge in [0.2, 0.25) is 5.82 Å². The van der Waals surface area contributed by atoms with Crippen LogP contribution in [0.15, 0.2) is 21.2 Å². The lowest BCUT2D eigenvalue weighted by Crippen LogP contribution is -1.96. The summed E-state index contributed by atoms with van der Waals surface area (Å²) in [5, 5.41) is 25.5. The van der Waals surface area contributed by atoms with Crippen LogP contribution in [-0.4, -0.2) is 20.6 Å². The number of H-pyrrole nitrogens is 1. The van der Waals surface area contributed by atoms with Gasteiger partial charge < -0.3 is 5.32 Å². The quantitative estimate of drug-likeness (QED) is 0.775. The molecule has 0 spiro atoms. The third-order valence-electron chi connectivity index (χ3n) is 2.68. The van der Waals surface area contributed by atoms with Gasteiger partial charge in [-0.2, -0.15) is 10.5 Å². The number of nitrogens with zero attached hydrogens (tertiary/aromatic N) is 4. The molecule has 0 aliphatic heterocycles.